The Hall–Kier alpha value is -2.48. The molecule has 10 heteroatoms. The fraction of sp³-hybridized carbons (Fsp3) is 0.286. The number of ether oxygens (including phenoxy) is 2. The van der Waals surface area contributed by atoms with Gasteiger partial charge in [0, 0.05) is 5.92 Å². The molecule has 0 bridgehead atoms. The molecule has 1 aliphatic rings. The average Bonchev–Trinajstić information content (AvgIpc) is 3.03. The van der Waals surface area contributed by atoms with E-state index in [0.29, 0.717) is 0 Å². The number of carbonyl (C=O) groups excluding carboxylic acids is 2. The second-order valence-electron chi connectivity index (χ2n) is 6.84. The number of rotatable bonds is 7. The second kappa shape index (κ2) is 9.77. The van der Waals surface area contributed by atoms with Crippen LogP contribution >= 0.6 is 34.8 Å². The maximum atomic E-state index is 12.3. The molecule has 0 unspecified atom stereocenters. The number of benzene rings is 2. The predicted octanol–water partition coefficient (Wildman–Crippen LogP) is 4.28. The lowest BCUT2D eigenvalue weighted by Gasteiger charge is -2.19. The standard InChI is InChI=1S/C21H18Cl3NO6/c22-21(23,24)11-31-19(28)17(9-18(26)27)25-20(29)30-10-16-14-7-3-1-5-12(14)13-6-2-4-8-15(13)16/h1-8,16-17H,9-11H2,(H,25,29)(H,26,27)/t17-/m0/s1. The Morgan fingerprint density at radius 2 is 1.52 bits per heavy atom. The van der Waals surface area contributed by atoms with Gasteiger partial charge in [-0.15, -0.1) is 0 Å². The highest BCUT2D eigenvalue weighted by Gasteiger charge is 2.31. The number of carboxylic acid groups (broad SMARTS) is 1. The van der Waals surface area contributed by atoms with Crippen molar-refractivity contribution in [2.24, 2.45) is 0 Å². The van der Waals surface area contributed by atoms with E-state index in [9.17, 15) is 14.4 Å². The number of halogens is 3. The summed E-state index contributed by atoms with van der Waals surface area (Å²) in [6, 6.07) is 14.1. The minimum atomic E-state index is -1.87. The van der Waals surface area contributed by atoms with Gasteiger partial charge < -0.3 is 19.9 Å². The predicted molar refractivity (Wildman–Crippen MR) is 115 cm³/mol. The molecule has 0 fully saturated rings. The molecule has 0 aliphatic heterocycles. The summed E-state index contributed by atoms with van der Waals surface area (Å²) in [7, 11) is 0. The number of alkyl carbamates (subject to hydrolysis) is 1. The first-order chi connectivity index (χ1) is 14.7. The number of hydrogen-bond acceptors (Lipinski definition) is 5. The van der Waals surface area contributed by atoms with Crippen molar-refractivity contribution in [1.29, 1.82) is 0 Å². The first-order valence-electron chi connectivity index (χ1n) is 9.22. The lowest BCUT2D eigenvalue weighted by atomic mass is 9.98. The molecule has 164 valence electrons. The van der Waals surface area contributed by atoms with Crippen LogP contribution in [0.4, 0.5) is 4.79 Å². The molecule has 2 aromatic rings. The molecule has 0 spiro atoms. The van der Waals surface area contributed by atoms with E-state index < -0.39 is 40.9 Å². The van der Waals surface area contributed by atoms with Crippen LogP contribution in [0.2, 0.25) is 0 Å². The molecule has 2 N–H and O–H groups in total. The molecule has 0 saturated heterocycles. The van der Waals surface area contributed by atoms with Crippen LogP contribution in [0.5, 0.6) is 0 Å². The van der Waals surface area contributed by atoms with E-state index in [-0.39, 0.29) is 12.5 Å². The first kappa shape index (κ1) is 23.2. The molecule has 7 nitrogen and oxygen atoms in total. The molecule has 0 aromatic heterocycles. The van der Waals surface area contributed by atoms with Crippen molar-refractivity contribution in [3.63, 3.8) is 0 Å². The number of alkyl halides is 3. The van der Waals surface area contributed by atoms with Crippen molar-refractivity contribution in [3.05, 3.63) is 59.7 Å². The van der Waals surface area contributed by atoms with Crippen LogP contribution in [-0.2, 0) is 19.1 Å². The molecule has 1 amide bonds. The molecule has 1 atom stereocenters. The molecule has 0 radical (unpaired) electrons. The lowest BCUT2D eigenvalue weighted by molar-refractivity contribution is -0.150. The van der Waals surface area contributed by atoms with Crippen LogP contribution in [0.25, 0.3) is 11.1 Å². The van der Waals surface area contributed by atoms with E-state index in [1.54, 1.807) is 0 Å². The lowest BCUT2D eigenvalue weighted by Crippen LogP contribution is -2.44. The van der Waals surface area contributed by atoms with E-state index >= 15 is 0 Å². The molecular formula is C21H18Cl3NO6. The summed E-state index contributed by atoms with van der Waals surface area (Å²) < 4.78 is 8.22. The van der Waals surface area contributed by atoms with Crippen molar-refractivity contribution in [3.8, 4) is 11.1 Å². The van der Waals surface area contributed by atoms with Crippen LogP contribution < -0.4 is 5.32 Å². The van der Waals surface area contributed by atoms with Crippen LogP contribution in [0.1, 0.15) is 23.5 Å². The van der Waals surface area contributed by atoms with Crippen molar-refractivity contribution in [2.45, 2.75) is 22.2 Å². The maximum Gasteiger partial charge on any atom is 0.407 e. The molecule has 0 saturated carbocycles. The van der Waals surface area contributed by atoms with Gasteiger partial charge >= 0.3 is 18.0 Å². The number of aliphatic carboxylic acids is 1. The zero-order valence-electron chi connectivity index (χ0n) is 16.0. The molecule has 1 aliphatic carbocycles. The highest BCUT2D eigenvalue weighted by molar-refractivity contribution is 6.67. The van der Waals surface area contributed by atoms with Crippen LogP contribution in [0.3, 0.4) is 0 Å². The summed E-state index contributed by atoms with van der Waals surface area (Å²) in [5.41, 5.74) is 4.15. The zero-order valence-corrected chi connectivity index (χ0v) is 18.3. The van der Waals surface area contributed by atoms with Crippen LogP contribution in [0.15, 0.2) is 48.5 Å². The molecule has 2 aromatic carbocycles. The Kier molecular flexibility index (Phi) is 7.30. The van der Waals surface area contributed by atoms with Gasteiger partial charge in [0.05, 0.1) is 6.42 Å². The molecule has 31 heavy (non-hydrogen) atoms. The highest BCUT2D eigenvalue weighted by atomic mass is 35.6. The van der Waals surface area contributed by atoms with Gasteiger partial charge in [0.15, 0.2) is 0 Å². The van der Waals surface area contributed by atoms with E-state index in [1.165, 1.54) is 0 Å². The Bertz CT molecular complexity index is 946. The number of carbonyl (C=O) groups is 3. The number of fused-ring (bicyclic) bond motifs is 3. The van der Waals surface area contributed by atoms with Gasteiger partial charge in [0.1, 0.15) is 19.3 Å². The monoisotopic (exact) mass is 485 g/mol. The summed E-state index contributed by atoms with van der Waals surface area (Å²) in [5, 5.41) is 11.2. The van der Waals surface area contributed by atoms with Gasteiger partial charge in [0.2, 0.25) is 3.79 Å². The van der Waals surface area contributed by atoms with E-state index in [1.807, 2.05) is 48.5 Å². The third-order valence-corrected chi connectivity index (χ3v) is 5.00. The SMILES string of the molecule is O=C(O)C[C@H](NC(=O)OCC1c2ccccc2-c2ccccc21)C(=O)OCC(Cl)(Cl)Cl. The average molecular weight is 487 g/mol. The quantitative estimate of drug-likeness (QED) is 0.447. The molecule has 3 rings (SSSR count). The summed E-state index contributed by atoms with van der Waals surface area (Å²) in [5.74, 6) is -2.57. The number of nitrogens with one attached hydrogen (secondary N) is 1. The first-order valence-corrected chi connectivity index (χ1v) is 10.4. The van der Waals surface area contributed by atoms with Gasteiger partial charge in [-0.1, -0.05) is 83.3 Å². The van der Waals surface area contributed by atoms with E-state index in [2.05, 4.69) is 5.32 Å². The largest absolute Gasteiger partial charge is 0.481 e. The smallest absolute Gasteiger partial charge is 0.407 e. The Balaban J connectivity index is 1.65. The molecule has 0 heterocycles. The van der Waals surface area contributed by atoms with E-state index in [0.717, 1.165) is 22.3 Å². The van der Waals surface area contributed by atoms with Crippen LogP contribution in [0, 0.1) is 0 Å². The van der Waals surface area contributed by atoms with Gasteiger partial charge in [-0.05, 0) is 22.3 Å². The van der Waals surface area contributed by atoms with Gasteiger partial charge in [0.25, 0.3) is 0 Å². The summed E-state index contributed by atoms with van der Waals surface area (Å²) >= 11 is 16.6. The Morgan fingerprint density at radius 1 is 0.968 bits per heavy atom. The van der Waals surface area contributed by atoms with Crippen molar-refractivity contribution >= 4 is 52.8 Å². The minimum absolute atomic E-state index is 0.00283. The molecular weight excluding hydrogens is 469 g/mol. The summed E-state index contributed by atoms with van der Waals surface area (Å²) in [6.45, 7) is -0.595. The van der Waals surface area contributed by atoms with Gasteiger partial charge in [-0.25, -0.2) is 9.59 Å². The van der Waals surface area contributed by atoms with Crippen molar-refractivity contribution in [1.82, 2.24) is 5.32 Å². The number of esters is 1. The van der Waals surface area contributed by atoms with Crippen molar-refractivity contribution in [2.75, 3.05) is 13.2 Å². The second-order valence-corrected chi connectivity index (χ2v) is 9.36. The number of hydrogen-bond donors (Lipinski definition) is 2. The van der Waals surface area contributed by atoms with Gasteiger partial charge in [-0.3, -0.25) is 4.79 Å². The minimum Gasteiger partial charge on any atom is -0.481 e. The van der Waals surface area contributed by atoms with Crippen LogP contribution in [-0.4, -0.2) is 46.2 Å². The zero-order chi connectivity index (χ0) is 22.6. The summed E-state index contributed by atoms with van der Waals surface area (Å²) in [4.78, 5) is 35.5. The normalized spacial score (nSPS) is 13.6. The summed E-state index contributed by atoms with van der Waals surface area (Å²) in [6.07, 6.45) is -1.68. The highest BCUT2D eigenvalue weighted by Crippen LogP contribution is 2.44. The van der Waals surface area contributed by atoms with Crippen molar-refractivity contribution < 1.29 is 29.0 Å². The third kappa shape index (κ3) is 6.03. The maximum absolute atomic E-state index is 12.3. The fourth-order valence-corrected chi connectivity index (χ4v) is 3.57. The Labute approximate surface area is 193 Å². The third-order valence-electron chi connectivity index (χ3n) is 4.68. The Morgan fingerprint density at radius 3 is 2.03 bits per heavy atom. The fourth-order valence-electron chi connectivity index (χ4n) is 3.40. The van der Waals surface area contributed by atoms with E-state index in [4.69, 9.17) is 49.4 Å². The topological polar surface area (TPSA) is 102 Å². The number of amides is 1. The number of carboxylic acids is 1. The van der Waals surface area contributed by atoms with Gasteiger partial charge in [-0.2, -0.15) is 0 Å².